The number of amides is 3. The van der Waals surface area contributed by atoms with Crippen molar-refractivity contribution in [3.63, 3.8) is 0 Å². The van der Waals surface area contributed by atoms with E-state index in [-0.39, 0.29) is 23.5 Å². The number of hydrogen-bond donors (Lipinski definition) is 3. The van der Waals surface area contributed by atoms with Gasteiger partial charge in [0, 0.05) is 53.0 Å². The Labute approximate surface area is 161 Å². The van der Waals surface area contributed by atoms with Gasteiger partial charge in [0.05, 0.1) is 11.4 Å². The Kier molecular flexibility index (Phi) is 5.03. The molecule has 146 valence electrons. The fourth-order valence-corrected chi connectivity index (χ4v) is 2.81. The lowest BCUT2D eigenvalue weighted by Crippen LogP contribution is -2.20. The third-order valence-corrected chi connectivity index (χ3v) is 4.24. The van der Waals surface area contributed by atoms with E-state index >= 15 is 0 Å². The minimum Gasteiger partial charge on any atom is -0.354 e. The molecule has 0 bridgehead atoms. The number of carbonyl (C=O) groups excluding carboxylic acids is 3. The second-order valence-corrected chi connectivity index (χ2v) is 6.30. The summed E-state index contributed by atoms with van der Waals surface area (Å²) in [6.45, 7) is 0. The minimum atomic E-state index is -0.372. The van der Waals surface area contributed by atoms with E-state index in [0.717, 1.165) is 0 Å². The Morgan fingerprint density at radius 2 is 1.36 bits per heavy atom. The van der Waals surface area contributed by atoms with E-state index in [9.17, 15) is 14.4 Å². The standard InChI is InChI=1S/C18H21N7O3/c1-19-16(26)13-7-11(9-24(13)3)21-17(27)14-8-12(10-25(14)4)22-18(28)15-20-5-6-23(15)2/h5-10H,1-4H3,(H,19,26)(H,21,27)(H,22,28). The summed E-state index contributed by atoms with van der Waals surface area (Å²) in [6.07, 6.45) is 6.49. The zero-order valence-corrected chi connectivity index (χ0v) is 16.0. The molecule has 3 amide bonds. The lowest BCUT2D eigenvalue weighted by Gasteiger charge is -2.03. The molecule has 0 saturated heterocycles. The van der Waals surface area contributed by atoms with Crippen LogP contribution < -0.4 is 16.0 Å². The zero-order valence-electron chi connectivity index (χ0n) is 16.0. The zero-order chi connectivity index (χ0) is 20.4. The number of nitrogens with one attached hydrogen (secondary N) is 3. The average Bonchev–Trinajstić information content (AvgIpc) is 3.33. The van der Waals surface area contributed by atoms with Crippen LogP contribution in [0.25, 0.3) is 0 Å². The van der Waals surface area contributed by atoms with Crippen LogP contribution in [0, 0.1) is 0 Å². The minimum absolute atomic E-state index is 0.249. The molecule has 10 nitrogen and oxygen atoms in total. The van der Waals surface area contributed by atoms with Crippen molar-refractivity contribution in [2.45, 2.75) is 0 Å². The van der Waals surface area contributed by atoms with Crippen LogP contribution >= 0.6 is 0 Å². The number of aromatic nitrogens is 4. The molecule has 3 heterocycles. The summed E-state index contributed by atoms with van der Waals surface area (Å²) in [5, 5.41) is 8.02. The Bertz CT molecular complexity index is 1060. The first-order valence-electron chi connectivity index (χ1n) is 8.45. The van der Waals surface area contributed by atoms with E-state index in [1.807, 2.05) is 0 Å². The van der Waals surface area contributed by atoms with Crippen molar-refractivity contribution in [2.75, 3.05) is 17.7 Å². The molecule has 0 aliphatic heterocycles. The number of aryl methyl sites for hydroxylation is 3. The van der Waals surface area contributed by atoms with Crippen LogP contribution in [0.2, 0.25) is 0 Å². The van der Waals surface area contributed by atoms with Gasteiger partial charge in [-0.1, -0.05) is 0 Å². The van der Waals surface area contributed by atoms with Gasteiger partial charge in [-0.25, -0.2) is 4.98 Å². The van der Waals surface area contributed by atoms with Crippen LogP contribution in [0.15, 0.2) is 36.9 Å². The maximum absolute atomic E-state index is 12.6. The summed E-state index contributed by atoms with van der Waals surface area (Å²) in [7, 11) is 6.68. The average molecular weight is 383 g/mol. The van der Waals surface area contributed by atoms with E-state index < -0.39 is 0 Å². The van der Waals surface area contributed by atoms with Gasteiger partial charge in [-0.3, -0.25) is 14.4 Å². The molecule has 0 aliphatic carbocycles. The van der Waals surface area contributed by atoms with Gasteiger partial charge >= 0.3 is 0 Å². The van der Waals surface area contributed by atoms with Gasteiger partial charge < -0.3 is 29.7 Å². The highest BCUT2D eigenvalue weighted by atomic mass is 16.2. The summed E-state index contributed by atoms with van der Waals surface area (Å²) in [5.41, 5.74) is 1.74. The number of hydrogen-bond acceptors (Lipinski definition) is 4. The SMILES string of the molecule is CNC(=O)c1cc(NC(=O)c2cc(NC(=O)c3nccn3C)cn2C)cn1C. The topological polar surface area (TPSA) is 115 Å². The molecule has 3 aromatic heterocycles. The van der Waals surface area contributed by atoms with Crippen molar-refractivity contribution in [3.05, 3.63) is 54.1 Å². The molecule has 3 N–H and O–H groups in total. The van der Waals surface area contributed by atoms with Crippen LogP contribution in [0.1, 0.15) is 31.6 Å². The van der Waals surface area contributed by atoms with Crippen molar-refractivity contribution in [2.24, 2.45) is 21.1 Å². The molecular formula is C18H21N7O3. The summed E-state index contributed by atoms with van der Waals surface area (Å²) < 4.78 is 4.83. The predicted molar refractivity (Wildman–Crippen MR) is 103 cm³/mol. The molecular weight excluding hydrogens is 362 g/mol. The lowest BCUT2D eigenvalue weighted by atomic mass is 10.3. The summed E-state index contributed by atoms with van der Waals surface area (Å²) >= 11 is 0. The molecule has 3 rings (SSSR count). The van der Waals surface area contributed by atoms with Crippen molar-refractivity contribution in [1.29, 1.82) is 0 Å². The second-order valence-electron chi connectivity index (χ2n) is 6.30. The monoisotopic (exact) mass is 383 g/mol. The Morgan fingerprint density at radius 3 is 1.86 bits per heavy atom. The van der Waals surface area contributed by atoms with E-state index in [1.165, 1.54) is 6.20 Å². The van der Waals surface area contributed by atoms with Crippen LogP contribution in [-0.4, -0.2) is 43.5 Å². The molecule has 0 unspecified atom stereocenters. The third-order valence-electron chi connectivity index (χ3n) is 4.24. The van der Waals surface area contributed by atoms with Gasteiger partial charge in [0.1, 0.15) is 11.4 Å². The van der Waals surface area contributed by atoms with Crippen LogP contribution in [0.3, 0.4) is 0 Å². The number of imidazole rings is 1. The summed E-state index contributed by atoms with van der Waals surface area (Å²) in [4.78, 5) is 40.7. The maximum Gasteiger partial charge on any atom is 0.291 e. The molecule has 0 aliphatic rings. The van der Waals surface area contributed by atoms with Gasteiger partial charge in [-0.05, 0) is 12.1 Å². The highest BCUT2D eigenvalue weighted by Crippen LogP contribution is 2.18. The Hall–Kier alpha value is -3.82. The highest BCUT2D eigenvalue weighted by molar-refractivity contribution is 6.06. The predicted octanol–water partition coefficient (Wildman–Crippen LogP) is 0.961. The van der Waals surface area contributed by atoms with Gasteiger partial charge in [-0.15, -0.1) is 0 Å². The quantitative estimate of drug-likeness (QED) is 0.609. The molecule has 28 heavy (non-hydrogen) atoms. The number of nitrogens with zero attached hydrogens (tertiary/aromatic N) is 4. The van der Waals surface area contributed by atoms with Gasteiger partial charge in [-0.2, -0.15) is 0 Å². The smallest absolute Gasteiger partial charge is 0.291 e. The van der Waals surface area contributed by atoms with E-state index in [1.54, 1.807) is 72.6 Å². The van der Waals surface area contributed by atoms with Gasteiger partial charge in [0.15, 0.2) is 5.82 Å². The normalized spacial score (nSPS) is 10.6. The molecule has 3 aromatic rings. The molecule has 0 aromatic carbocycles. The van der Waals surface area contributed by atoms with Crippen LogP contribution in [0.5, 0.6) is 0 Å². The largest absolute Gasteiger partial charge is 0.354 e. The van der Waals surface area contributed by atoms with Crippen molar-refractivity contribution >= 4 is 29.1 Å². The van der Waals surface area contributed by atoms with Gasteiger partial charge in [0.2, 0.25) is 0 Å². The molecule has 0 atom stereocenters. The summed E-state index contributed by atoms with van der Waals surface area (Å²) in [5.74, 6) is -0.723. The third kappa shape index (κ3) is 3.65. The lowest BCUT2D eigenvalue weighted by molar-refractivity contribution is 0.0953. The van der Waals surface area contributed by atoms with Crippen molar-refractivity contribution in [1.82, 2.24) is 24.0 Å². The first-order valence-corrected chi connectivity index (χ1v) is 8.45. The van der Waals surface area contributed by atoms with E-state index in [0.29, 0.717) is 22.8 Å². The van der Waals surface area contributed by atoms with E-state index in [2.05, 4.69) is 20.9 Å². The molecule has 0 spiro atoms. The van der Waals surface area contributed by atoms with E-state index in [4.69, 9.17) is 0 Å². The fourth-order valence-electron chi connectivity index (χ4n) is 2.81. The van der Waals surface area contributed by atoms with Crippen LogP contribution in [-0.2, 0) is 21.1 Å². The molecule has 0 saturated carbocycles. The molecule has 0 fully saturated rings. The van der Waals surface area contributed by atoms with Gasteiger partial charge in [0.25, 0.3) is 17.7 Å². The molecule has 0 radical (unpaired) electrons. The Balaban J connectivity index is 1.74. The first kappa shape index (κ1) is 19.0. The molecule has 10 heteroatoms. The number of anilines is 2. The second kappa shape index (κ2) is 7.43. The van der Waals surface area contributed by atoms with Crippen molar-refractivity contribution < 1.29 is 14.4 Å². The first-order chi connectivity index (χ1) is 13.3. The number of rotatable bonds is 5. The number of carbonyl (C=O) groups is 3. The maximum atomic E-state index is 12.6. The van der Waals surface area contributed by atoms with Crippen LogP contribution in [0.4, 0.5) is 11.4 Å². The Morgan fingerprint density at radius 1 is 0.821 bits per heavy atom. The highest BCUT2D eigenvalue weighted by Gasteiger charge is 2.17. The fraction of sp³-hybridized carbons (Fsp3) is 0.222. The summed E-state index contributed by atoms with van der Waals surface area (Å²) in [6, 6.07) is 3.15. The van der Waals surface area contributed by atoms with Crippen molar-refractivity contribution in [3.8, 4) is 0 Å².